The highest BCUT2D eigenvalue weighted by Crippen LogP contribution is 2.24. The fourth-order valence-corrected chi connectivity index (χ4v) is 6.22. The normalized spacial score (nSPS) is 17.4. The monoisotopic (exact) mass is 1030 g/mol. The van der Waals surface area contributed by atoms with Gasteiger partial charge in [0.05, 0.1) is 112 Å². The molecule has 1 unspecified atom stereocenters. The average molecular weight is 1030 g/mol. The van der Waals surface area contributed by atoms with Gasteiger partial charge in [-0.25, -0.2) is 9.78 Å². The minimum absolute atomic E-state index is 0.233. The molecule has 1 fully saturated rings. The highest BCUT2D eigenvalue weighted by atomic mass is 127. The van der Waals surface area contributed by atoms with Crippen LogP contribution in [0.5, 0.6) is 0 Å². The number of likely N-dealkylation sites (N-methyl/N-ethyl adjacent to an activating group) is 1. The summed E-state index contributed by atoms with van der Waals surface area (Å²) in [6.45, 7) is 10.9. The van der Waals surface area contributed by atoms with Crippen molar-refractivity contribution >= 4 is 62.1 Å². The average Bonchev–Trinajstić information content (AvgIpc) is 3.58. The van der Waals surface area contributed by atoms with Gasteiger partial charge >= 0.3 is 5.69 Å². The molecule has 3 N–H and O–H groups in total. The number of aromatic nitrogens is 4. The second kappa shape index (κ2) is 26.6. The molecule has 1 amide bonds. The van der Waals surface area contributed by atoms with Crippen LogP contribution >= 0.6 is 45.2 Å². The number of ether oxygens (including phenoxy) is 8. The lowest BCUT2D eigenvalue weighted by atomic mass is 10.2. The number of H-pyrrole nitrogens is 1. The van der Waals surface area contributed by atoms with Crippen LogP contribution in [-0.4, -0.2) is 166 Å². The van der Waals surface area contributed by atoms with E-state index in [2.05, 4.69) is 54.7 Å². The van der Waals surface area contributed by atoms with Gasteiger partial charge in [-0.1, -0.05) is 6.92 Å². The molecule has 0 aliphatic carbocycles. The van der Waals surface area contributed by atoms with E-state index in [4.69, 9.17) is 42.7 Å². The van der Waals surface area contributed by atoms with E-state index < -0.39 is 36.0 Å². The van der Waals surface area contributed by atoms with E-state index >= 15 is 0 Å². The number of aliphatic hydroxyl groups excluding tert-OH is 1. The number of amides is 1. The van der Waals surface area contributed by atoms with Gasteiger partial charge in [-0.2, -0.15) is 0 Å². The fraction of sp³-hybridized carbons (Fsp3) is 0.639. The van der Waals surface area contributed by atoms with Crippen molar-refractivity contribution in [2.45, 2.75) is 45.1 Å². The molecule has 1 saturated heterocycles. The molecule has 4 rings (SSSR count). The number of aromatic amines is 1. The Kier molecular flexibility index (Phi) is 22.1. The predicted octanol–water partition coefficient (Wildman–Crippen LogP) is 0.808. The van der Waals surface area contributed by atoms with E-state index in [9.17, 15) is 19.5 Å². The molecule has 0 saturated carbocycles. The number of carbonyl (C=O) groups excluding carboxylic acids is 1. The van der Waals surface area contributed by atoms with Crippen LogP contribution < -0.4 is 21.4 Å². The maximum Gasteiger partial charge on any atom is 0.361 e. The molecular formula is C36H52I2N6O13. The maximum atomic E-state index is 12.5. The predicted molar refractivity (Wildman–Crippen MR) is 222 cm³/mol. The highest BCUT2D eigenvalue weighted by Gasteiger charge is 2.38. The maximum absolute atomic E-state index is 12.5. The molecular weight excluding hydrogens is 978 g/mol. The van der Waals surface area contributed by atoms with Crippen LogP contribution in [0.1, 0.15) is 30.8 Å². The van der Waals surface area contributed by atoms with Gasteiger partial charge in [0, 0.05) is 29.6 Å². The summed E-state index contributed by atoms with van der Waals surface area (Å²) in [5.41, 5.74) is 0.508. The number of halogens is 2. The van der Waals surface area contributed by atoms with Gasteiger partial charge in [-0.15, -0.1) is 4.73 Å². The third kappa shape index (κ3) is 17.4. The number of benzene rings is 1. The summed E-state index contributed by atoms with van der Waals surface area (Å²) in [6, 6.07) is 5.73. The Morgan fingerprint density at radius 1 is 0.982 bits per heavy atom. The number of hydrogen-bond acceptors (Lipinski definition) is 16. The SMILES string of the molecule is CCN(CCNC(=O)c1cnc2cc(I)ccc2n1)CCOCCOCCOCCOCCOCCOC(C)O[C@H]1C[C@H](On2cc(I)c(=O)[nH]c2=O)O[C@@H]1CO. The van der Waals surface area contributed by atoms with Crippen molar-refractivity contribution in [3.05, 3.63) is 64.3 Å². The first kappa shape index (κ1) is 47.3. The van der Waals surface area contributed by atoms with E-state index in [1.54, 1.807) is 29.5 Å². The Bertz CT molecular complexity index is 1750. The summed E-state index contributed by atoms with van der Waals surface area (Å²) < 4.78 is 47.3. The van der Waals surface area contributed by atoms with Crippen LogP contribution in [0.4, 0.5) is 0 Å². The molecule has 3 heterocycles. The van der Waals surface area contributed by atoms with Crippen LogP contribution in [0.2, 0.25) is 0 Å². The van der Waals surface area contributed by atoms with Crippen molar-refractivity contribution < 1.29 is 52.6 Å². The van der Waals surface area contributed by atoms with Crippen molar-refractivity contribution in [2.75, 3.05) is 105 Å². The first-order valence-corrected chi connectivity index (χ1v) is 20.9. The standard InChI is InChI=1S/C36H52I2N6O13/c1-3-43(7-6-39-35(47)30-22-40-29-20-26(37)4-5-28(29)41-30)8-9-49-10-11-50-12-13-51-14-15-52-16-17-53-18-19-54-25(2)55-31-21-33(56-32(31)24-45)57-44-23-27(38)34(46)42-36(44)48/h4-5,20,22-23,25,31-33,45H,3,6-19,21,24H2,1-2H3,(H,39,47)(H,42,46,48)/t25?,31-,32+,33-/m0/s1. The molecule has 0 radical (unpaired) electrons. The second-order valence-electron chi connectivity index (χ2n) is 12.4. The first-order chi connectivity index (χ1) is 27.7. The van der Waals surface area contributed by atoms with Gasteiger partial charge in [0.2, 0.25) is 6.29 Å². The summed E-state index contributed by atoms with van der Waals surface area (Å²) in [5, 5.41) is 12.6. The molecule has 3 aromatic rings. The molecule has 2 aromatic heterocycles. The Labute approximate surface area is 357 Å². The topological polar surface area (TPSA) is 216 Å². The summed E-state index contributed by atoms with van der Waals surface area (Å²) in [7, 11) is 0. The van der Waals surface area contributed by atoms with Gasteiger partial charge < -0.3 is 53.2 Å². The van der Waals surface area contributed by atoms with Crippen LogP contribution in [-0.2, 0) is 37.9 Å². The summed E-state index contributed by atoms with van der Waals surface area (Å²) >= 11 is 4.00. The van der Waals surface area contributed by atoms with Gasteiger partial charge in [0.1, 0.15) is 11.8 Å². The van der Waals surface area contributed by atoms with Gasteiger partial charge in [-0.3, -0.25) is 24.5 Å². The van der Waals surface area contributed by atoms with E-state index in [0.717, 1.165) is 26.9 Å². The van der Waals surface area contributed by atoms with Gasteiger partial charge in [0.15, 0.2) is 6.29 Å². The number of hydrogen-bond donors (Lipinski definition) is 3. The van der Waals surface area contributed by atoms with Gasteiger partial charge in [-0.05, 0) is 76.8 Å². The van der Waals surface area contributed by atoms with Crippen LogP contribution in [0.3, 0.4) is 0 Å². The lowest BCUT2D eigenvalue weighted by Gasteiger charge is -2.21. The molecule has 1 aromatic carbocycles. The van der Waals surface area contributed by atoms with Crippen molar-refractivity contribution in [1.82, 2.24) is 29.9 Å². The minimum atomic E-state index is -0.869. The third-order valence-electron chi connectivity index (χ3n) is 8.33. The van der Waals surface area contributed by atoms with Crippen molar-refractivity contribution in [3.63, 3.8) is 0 Å². The zero-order chi connectivity index (χ0) is 40.8. The van der Waals surface area contributed by atoms with E-state index in [1.807, 2.05) is 18.2 Å². The van der Waals surface area contributed by atoms with E-state index in [0.29, 0.717) is 90.4 Å². The second-order valence-corrected chi connectivity index (χ2v) is 14.9. The highest BCUT2D eigenvalue weighted by molar-refractivity contribution is 14.1. The fourth-order valence-electron chi connectivity index (χ4n) is 5.36. The zero-order valence-corrected chi connectivity index (χ0v) is 36.4. The molecule has 19 nitrogen and oxygen atoms in total. The molecule has 1 aliphatic rings. The summed E-state index contributed by atoms with van der Waals surface area (Å²) in [6.07, 6.45) is 0.299. The number of rotatable bonds is 29. The number of nitrogens with one attached hydrogen (secondary N) is 2. The van der Waals surface area contributed by atoms with Crippen molar-refractivity contribution in [1.29, 1.82) is 0 Å². The van der Waals surface area contributed by atoms with Crippen molar-refractivity contribution in [2.24, 2.45) is 0 Å². The van der Waals surface area contributed by atoms with Crippen LogP contribution in [0.15, 0.2) is 40.2 Å². The van der Waals surface area contributed by atoms with E-state index in [-0.39, 0.29) is 29.1 Å². The largest absolute Gasteiger partial charge is 0.394 e. The lowest BCUT2D eigenvalue weighted by molar-refractivity contribution is -0.184. The minimum Gasteiger partial charge on any atom is -0.394 e. The van der Waals surface area contributed by atoms with Crippen molar-refractivity contribution in [3.8, 4) is 0 Å². The Morgan fingerprint density at radius 3 is 2.28 bits per heavy atom. The molecule has 0 spiro atoms. The molecule has 318 valence electrons. The van der Waals surface area contributed by atoms with Gasteiger partial charge in [0.25, 0.3) is 11.5 Å². The Hall–Kier alpha value is -2.43. The summed E-state index contributed by atoms with van der Waals surface area (Å²) in [5.74, 6) is -0.242. The first-order valence-electron chi connectivity index (χ1n) is 18.7. The Morgan fingerprint density at radius 2 is 1.63 bits per heavy atom. The number of aliphatic hydroxyl groups is 1. The number of fused-ring (bicyclic) bond motifs is 1. The zero-order valence-electron chi connectivity index (χ0n) is 32.1. The molecule has 1 aliphatic heterocycles. The lowest BCUT2D eigenvalue weighted by Crippen LogP contribution is -2.38. The molecule has 57 heavy (non-hydrogen) atoms. The quantitative estimate of drug-likeness (QED) is 0.0498. The van der Waals surface area contributed by atoms with Crippen LogP contribution in [0, 0.1) is 7.14 Å². The summed E-state index contributed by atoms with van der Waals surface area (Å²) in [4.78, 5) is 54.8. The third-order valence-corrected chi connectivity index (χ3v) is 9.77. The Balaban J connectivity index is 0.897. The van der Waals surface area contributed by atoms with Crippen LogP contribution in [0.25, 0.3) is 11.0 Å². The number of nitrogens with zero attached hydrogens (tertiary/aromatic N) is 4. The molecule has 21 heteroatoms. The number of carbonyl (C=O) groups is 1. The molecule has 0 bridgehead atoms. The van der Waals surface area contributed by atoms with E-state index in [1.165, 1.54) is 12.4 Å². The smallest absolute Gasteiger partial charge is 0.361 e. The molecule has 4 atom stereocenters.